The maximum atomic E-state index is 6.30. The molecule has 0 amide bonds. The van der Waals surface area contributed by atoms with E-state index in [2.05, 4.69) is 216 Å². The molecule has 0 bridgehead atoms. The van der Waals surface area contributed by atoms with Gasteiger partial charge in [0, 0.05) is 44.3 Å². The summed E-state index contributed by atoms with van der Waals surface area (Å²) in [6.45, 7) is 0. The second-order valence-electron chi connectivity index (χ2n) is 14.6. The molecular formula is C54H36N2O. The Bertz CT molecular complexity index is 3170. The minimum atomic E-state index is 0.891. The minimum Gasteiger partial charge on any atom is -0.456 e. The molecule has 3 nitrogen and oxygen atoms in total. The maximum Gasteiger partial charge on any atom is 0.136 e. The molecule has 0 fully saturated rings. The van der Waals surface area contributed by atoms with Gasteiger partial charge in [-0.1, -0.05) is 146 Å². The van der Waals surface area contributed by atoms with Crippen LogP contribution in [-0.4, -0.2) is 4.57 Å². The summed E-state index contributed by atoms with van der Waals surface area (Å²) in [7, 11) is 0. The highest BCUT2D eigenvalue weighted by Crippen LogP contribution is 2.41. The van der Waals surface area contributed by atoms with E-state index in [9.17, 15) is 0 Å². The number of anilines is 3. The van der Waals surface area contributed by atoms with Gasteiger partial charge in [-0.2, -0.15) is 0 Å². The molecule has 2 aromatic heterocycles. The normalized spacial score (nSPS) is 11.5. The van der Waals surface area contributed by atoms with Crippen LogP contribution in [0.15, 0.2) is 223 Å². The van der Waals surface area contributed by atoms with Gasteiger partial charge in [0.15, 0.2) is 0 Å². The zero-order chi connectivity index (χ0) is 37.7. The van der Waals surface area contributed by atoms with Crippen molar-refractivity contribution in [2.45, 2.75) is 0 Å². The summed E-state index contributed by atoms with van der Waals surface area (Å²) in [4.78, 5) is 2.36. The van der Waals surface area contributed by atoms with Gasteiger partial charge in [-0.15, -0.1) is 0 Å². The van der Waals surface area contributed by atoms with E-state index in [1.807, 2.05) is 12.1 Å². The van der Waals surface area contributed by atoms with Crippen molar-refractivity contribution in [1.82, 2.24) is 4.57 Å². The SMILES string of the molecule is c1ccc(-c2ccc(-c3ccc(N(c4cccc(-c5ccc6c(c5)oc5ccccc56)c4)c4cccc(-n5c6ccccc6c6ccccc65)c4)cc3)cc2)cc1. The van der Waals surface area contributed by atoms with Gasteiger partial charge in [-0.25, -0.2) is 0 Å². The Hall–Kier alpha value is -7.62. The van der Waals surface area contributed by atoms with Gasteiger partial charge in [0.1, 0.15) is 11.2 Å². The first-order valence-electron chi connectivity index (χ1n) is 19.4. The molecule has 0 radical (unpaired) electrons. The molecule has 0 spiro atoms. The molecule has 3 heteroatoms. The summed E-state index contributed by atoms with van der Waals surface area (Å²) in [6.07, 6.45) is 0. The number of furan rings is 1. The predicted molar refractivity (Wildman–Crippen MR) is 239 cm³/mol. The molecule has 11 aromatic rings. The molecule has 0 aliphatic heterocycles. The summed E-state index contributed by atoms with van der Waals surface area (Å²) in [5.74, 6) is 0. The molecule has 11 rings (SSSR count). The molecule has 2 heterocycles. The van der Waals surface area contributed by atoms with Gasteiger partial charge >= 0.3 is 0 Å². The fraction of sp³-hybridized carbons (Fsp3) is 0. The van der Waals surface area contributed by atoms with E-state index in [0.29, 0.717) is 0 Å². The molecule has 0 aliphatic carbocycles. The average Bonchev–Trinajstić information content (AvgIpc) is 3.83. The number of nitrogens with zero attached hydrogens (tertiary/aromatic N) is 2. The molecule has 9 aromatic carbocycles. The first-order valence-corrected chi connectivity index (χ1v) is 19.4. The van der Waals surface area contributed by atoms with Crippen LogP contribution in [-0.2, 0) is 0 Å². The Morgan fingerprint density at radius 3 is 1.49 bits per heavy atom. The van der Waals surface area contributed by atoms with Crippen LogP contribution in [0.2, 0.25) is 0 Å². The van der Waals surface area contributed by atoms with Crippen LogP contribution in [0.1, 0.15) is 0 Å². The van der Waals surface area contributed by atoms with Gasteiger partial charge in [0.25, 0.3) is 0 Å². The van der Waals surface area contributed by atoms with E-state index in [1.165, 1.54) is 44.1 Å². The van der Waals surface area contributed by atoms with Crippen LogP contribution >= 0.6 is 0 Å². The first kappa shape index (κ1) is 32.8. The Balaban J connectivity index is 1.03. The number of para-hydroxylation sites is 3. The molecule has 268 valence electrons. The molecule has 57 heavy (non-hydrogen) atoms. The zero-order valence-electron chi connectivity index (χ0n) is 31.1. The van der Waals surface area contributed by atoms with Gasteiger partial charge in [0.05, 0.1) is 11.0 Å². The minimum absolute atomic E-state index is 0.891. The highest BCUT2D eigenvalue weighted by Gasteiger charge is 2.18. The first-order chi connectivity index (χ1) is 28.2. The topological polar surface area (TPSA) is 21.3 Å². The van der Waals surface area contributed by atoms with E-state index in [0.717, 1.165) is 55.8 Å². The van der Waals surface area contributed by atoms with Crippen molar-refractivity contribution in [3.05, 3.63) is 218 Å². The van der Waals surface area contributed by atoms with E-state index in [-0.39, 0.29) is 0 Å². The smallest absolute Gasteiger partial charge is 0.136 e. The molecule has 0 saturated carbocycles. The third-order valence-electron chi connectivity index (χ3n) is 11.2. The van der Waals surface area contributed by atoms with E-state index in [1.54, 1.807) is 0 Å². The van der Waals surface area contributed by atoms with E-state index >= 15 is 0 Å². The Morgan fingerprint density at radius 1 is 0.298 bits per heavy atom. The molecule has 0 unspecified atom stereocenters. The quantitative estimate of drug-likeness (QED) is 0.163. The fourth-order valence-electron chi connectivity index (χ4n) is 8.44. The van der Waals surface area contributed by atoms with Crippen molar-refractivity contribution in [2.24, 2.45) is 0 Å². The summed E-state index contributed by atoms with van der Waals surface area (Å²) in [5, 5.41) is 4.76. The van der Waals surface area contributed by atoms with Gasteiger partial charge < -0.3 is 13.9 Å². The molecule has 0 saturated heterocycles. The second kappa shape index (κ2) is 13.6. The third kappa shape index (κ3) is 5.76. The van der Waals surface area contributed by atoms with Gasteiger partial charge in [0.2, 0.25) is 0 Å². The van der Waals surface area contributed by atoms with Crippen molar-refractivity contribution in [3.63, 3.8) is 0 Å². The van der Waals surface area contributed by atoms with Crippen molar-refractivity contribution in [3.8, 4) is 39.1 Å². The van der Waals surface area contributed by atoms with Gasteiger partial charge in [-0.3, -0.25) is 0 Å². The van der Waals surface area contributed by atoms with Crippen LogP contribution in [0.25, 0.3) is 82.8 Å². The lowest BCUT2D eigenvalue weighted by Crippen LogP contribution is -2.10. The summed E-state index contributed by atoms with van der Waals surface area (Å²) >= 11 is 0. The second-order valence-corrected chi connectivity index (χ2v) is 14.6. The standard InChI is InChI=1S/C54H36N2O/c1-2-12-37(13-3-1)38-24-26-39(27-25-38)40-28-31-43(32-29-40)55(44-15-10-14-41(34-44)42-30-33-50-49-20-6-9-23-53(49)57-54(50)35-42)45-16-11-17-46(36-45)56-51-21-7-4-18-47(51)48-19-5-8-22-52(48)56/h1-36H. The van der Waals surface area contributed by atoms with Crippen molar-refractivity contribution in [1.29, 1.82) is 0 Å². The number of rotatable bonds is 7. The number of aromatic nitrogens is 1. The van der Waals surface area contributed by atoms with E-state index in [4.69, 9.17) is 4.42 Å². The van der Waals surface area contributed by atoms with Crippen LogP contribution < -0.4 is 4.90 Å². The lowest BCUT2D eigenvalue weighted by Gasteiger charge is -2.27. The third-order valence-corrected chi connectivity index (χ3v) is 11.2. The Kier molecular flexibility index (Phi) is 7.82. The molecule has 0 aliphatic rings. The number of fused-ring (bicyclic) bond motifs is 6. The highest BCUT2D eigenvalue weighted by molar-refractivity contribution is 6.09. The largest absolute Gasteiger partial charge is 0.456 e. The number of hydrogen-bond acceptors (Lipinski definition) is 2. The maximum absolute atomic E-state index is 6.30. The lowest BCUT2D eigenvalue weighted by molar-refractivity contribution is 0.669. The summed E-state index contributed by atoms with van der Waals surface area (Å²) in [6, 6.07) is 78.2. The van der Waals surface area contributed by atoms with Crippen LogP contribution in [0.4, 0.5) is 17.1 Å². The molecule has 0 atom stereocenters. The average molecular weight is 729 g/mol. The van der Waals surface area contributed by atoms with Crippen molar-refractivity contribution >= 4 is 60.8 Å². The van der Waals surface area contributed by atoms with Crippen LogP contribution in [0.3, 0.4) is 0 Å². The number of benzene rings is 9. The van der Waals surface area contributed by atoms with Crippen molar-refractivity contribution in [2.75, 3.05) is 4.90 Å². The Labute approximate surface area is 330 Å². The fourth-order valence-corrected chi connectivity index (χ4v) is 8.44. The number of hydrogen-bond donors (Lipinski definition) is 0. The molecule has 0 N–H and O–H groups in total. The lowest BCUT2D eigenvalue weighted by atomic mass is 10.00. The van der Waals surface area contributed by atoms with Crippen molar-refractivity contribution < 1.29 is 4.42 Å². The highest BCUT2D eigenvalue weighted by atomic mass is 16.3. The summed E-state index contributed by atoms with van der Waals surface area (Å²) in [5.41, 5.74) is 15.5. The van der Waals surface area contributed by atoms with Crippen LogP contribution in [0.5, 0.6) is 0 Å². The van der Waals surface area contributed by atoms with Crippen LogP contribution in [0, 0.1) is 0 Å². The zero-order valence-corrected chi connectivity index (χ0v) is 31.1. The van der Waals surface area contributed by atoms with E-state index < -0.39 is 0 Å². The molecular weight excluding hydrogens is 693 g/mol. The Morgan fingerprint density at radius 2 is 0.789 bits per heavy atom. The predicted octanol–water partition coefficient (Wildman–Crippen LogP) is 15.2. The summed E-state index contributed by atoms with van der Waals surface area (Å²) < 4.78 is 8.69. The van der Waals surface area contributed by atoms with Gasteiger partial charge in [-0.05, 0) is 106 Å². The monoisotopic (exact) mass is 728 g/mol.